The van der Waals surface area contributed by atoms with E-state index in [0.717, 1.165) is 39.5 Å². The van der Waals surface area contributed by atoms with E-state index in [9.17, 15) is 0 Å². The summed E-state index contributed by atoms with van der Waals surface area (Å²) in [5.41, 5.74) is 14.9. The molecule has 0 fully saturated rings. The highest BCUT2D eigenvalue weighted by Crippen LogP contribution is 2.53. The maximum absolute atomic E-state index is 5.33. The molecule has 0 aliphatic heterocycles. The maximum Gasteiger partial charge on any atom is 0.160 e. The van der Waals surface area contributed by atoms with Crippen molar-refractivity contribution in [2.45, 2.75) is 0 Å². The average Bonchev–Trinajstić information content (AvgIpc) is 3.61. The van der Waals surface area contributed by atoms with Gasteiger partial charge in [-0.25, -0.2) is 9.97 Å². The van der Waals surface area contributed by atoms with E-state index in [-0.39, 0.29) is 0 Å². The van der Waals surface area contributed by atoms with Crippen LogP contribution in [0.25, 0.3) is 122 Å². The molecule has 0 amide bonds. The third-order valence-corrected chi connectivity index (χ3v) is 11.8. The van der Waals surface area contributed by atoms with Gasteiger partial charge >= 0.3 is 0 Å². The highest BCUT2D eigenvalue weighted by Gasteiger charge is 2.30. The van der Waals surface area contributed by atoms with E-state index in [4.69, 9.17) is 9.97 Å². The number of hydrogen-bond acceptors (Lipinski definition) is 2. The zero-order valence-electron chi connectivity index (χ0n) is 30.4. The lowest BCUT2D eigenvalue weighted by molar-refractivity contribution is 1.19. The van der Waals surface area contributed by atoms with Crippen molar-refractivity contribution in [3.63, 3.8) is 0 Å². The standard InChI is InChI=1S/C54H32N2/c1-5-14-33(15-6-1)38-26-24-35-25-27-42-46(34-16-7-2-8-17-34)32-47(43-30-29-41(38)48(35)50(42)43)39-28-31-44-49-40(39)22-13-23-45(49)53-51(44)52(36-18-9-3-10-19-36)55-54(56-53)37-20-11-4-12-21-37/h1-32H. The molecule has 56 heavy (non-hydrogen) atoms. The molecular formula is C54H32N2. The summed E-state index contributed by atoms with van der Waals surface area (Å²) >= 11 is 0. The van der Waals surface area contributed by atoms with Crippen LogP contribution in [0.5, 0.6) is 0 Å². The molecule has 10 aromatic carbocycles. The second kappa shape index (κ2) is 12.0. The summed E-state index contributed by atoms with van der Waals surface area (Å²) in [4.78, 5) is 10.6. The SMILES string of the molecule is c1ccc(-c2nc(-c3ccccc3)c3c(n2)-c2cccc4c(-c5cc(-c6ccccc6)c6ccc7ccc(-c8ccccc8)c8ccc5c6c78)ccc-3c24)cc1. The Bertz CT molecular complexity index is 3320. The van der Waals surface area contributed by atoms with Crippen LogP contribution >= 0.6 is 0 Å². The lowest BCUT2D eigenvalue weighted by atomic mass is 9.83. The monoisotopic (exact) mass is 708 g/mol. The second-order valence-corrected chi connectivity index (χ2v) is 14.8. The van der Waals surface area contributed by atoms with E-state index in [1.807, 2.05) is 6.07 Å². The minimum Gasteiger partial charge on any atom is -0.227 e. The number of aromatic nitrogens is 2. The van der Waals surface area contributed by atoms with Gasteiger partial charge in [0.25, 0.3) is 0 Å². The molecule has 0 radical (unpaired) electrons. The first kappa shape index (κ1) is 31.0. The van der Waals surface area contributed by atoms with Crippen molar-refractivity contribution in [2.75, 3.05) is 0 Å². The lowest BCUT2D eigenvalue weighted by Gasteiger charge is -2.20. The van der Waals surface area contributed by atoms with Gasteiger partial charge in [0.05, 0.1) is 11.4 Å². The molecule has 0 N–H and O–H groups in total. The molecule has 0 unspecified atom stereocenters. The third kappa shape index (κ3) is 4.50. The minimum atomic E-state index is 0.738. The molecule has 258 valence electrons. The molecule has 0 atom stereocenters. The molecule has 0 saturated carbocycles. The van der Waals surface area contributed by atoms with Crippen molar-refractivity contribution in [1.29, 1.82) is 0 Å². The van der Waals surface area contributed by atoms with Crippen LogP contribution in [0.2, 0.25) is 0 Å². The fourth-order valence-electron chi connectivity index (χ4n) is 9.33. The van der Waals surface area contributed by atoms with Crippen LogP contribution in [0.4, 0.5) is 0 Å². The zero-order valence-corrected chi connectivity index (χ0v) is 30.4. The van der Waals surface area contributed by atoms with Gasteiger partial charge in [0, 0.05) is 22.3 Å². The van der Waals surface area contributed by atoms with Crippen molar-refractivity contribution in [3.05, 3.63) is 194 Å². The van der Waals surface area contributed by atoms with E-state index in [1.165, 1.54) is 82.0 Å². The Labute approximate surface area is 324 Å². The van der Waals surface area contributed by atoms with E-state index in [2.05, 4.69) is 188 Å². The van der Waals surface area contributed by atoms with Gasteiger partial charge < -0.3 is 0 Å². The largest absolute Gasteiger partial charge is 0.227 e. The van der Waals surface area contributed by atoms with Gasteiger partial charge in [-0.05, 0) is 88.1 Å². The molecule has 2 nitrogen and oxygen atoms in total. The maximum atomic E-state index is 5.33. The summed E-state index contributed by atoms with van der Waals surface area (Å²) in [6, 6.07) is 70.3. The van der Waals surface area contributed by atoms with Crippen molar-refractivity contribution in [3.8, 4) is 78.4 Å². The third-order valence-electron chi connectivity index (χ3n) is 11.8. The van der Waals surface area contributed by atoms with Crippen molar-refractivity contribution >= 4 is 43.1 Å². The Hall–Kier alpha value is -7.42. The summed E-state index contributed by atoms with van der Waals surface area (Å²) < 4.78 is 0. The topological polar surface area (TPSA) is 25.8 Å². The highest BCUT2D eigenvalue weighted by molar-refractivity contribution is 6.31. The molecule has 1 aliphatic rings. The van der Waals surface area contributed by atoms with Crippen LogP contribution in [-0.4, -0.2) is 9.97 Å². The first-order valence-electron chi connectivity index (χ1n) is 19.3. The van der Waals surface area contributed by atoms with Gasteiger partial charge in [-0.2, -0.15) is 0 Å². The van der Waals surface area contributed by atoms with Crippen LogP contribution in [0.3, 0.4) is 0 Å². The summed E-state index contributed by atoms with van der Waals surface area (Å²) in [6.45, 7) is 0. The van der Waals surface area contributed by atoms with Crippen molar-refractivity contribution in [1.82, 2.24) is 9.97 Å². The predicted molar refractivity (Wildman–Crippen MR) is 235 cm³/mol. The van der Waals surface area contributed by atoms with Crippen molar-refractivity contribution < 1.29 is 0 Å². The molecule has 0 saturated heterocycles. The number of hydrogen-bond donors (Lipinski definition) is 0. The number of rotatable bonds is 5. The molecule has 1 aromatic heterocycles. The Morgan fingerprint density at radius 3 is 1.50 bits per heavy atom. The summed E-state index contributed by atoms with van der Waals surface area (Å²) in [6.07, 6.45) is 0. The van der Waals surface area contributed by atoms with Gasteiger partial charge in [0.2, 0.25) is 0 Å². The van der Waals surface area contributed by atoms with E-state index in [0.29, 0.717) is 0 Å². The molecular weight excluding hydrogens is 677 g/mol. The number of benzene rings is 10. The molecule has 2 heteroatoms. The zero-order chi connectivity index (χ0) is 36.7. The summed E-state index contributed by atoms with van der Waals surface area (Å²) in [5, 5.41) is 10.1. The van der Waals surface area contributed by atoms with E-state index in [1.54, 1.807) is 0 Å². The van der Waals surface area contributed by atoms with Gasteiger partial charge in [-0.15, -0.1) is 0 Å². The quantitative estimate of drug-likeness (QED) is 0.166. The van der Waals surface area contributed by atoms with Crippen molar-refractivity contribution in [2.24, 2.45) is 0 Å². The Morgan fingerprint density at radius 2 is 0.786 bits per heavy atom. The molecule has 0 spiro atoms. The number of fused-ring (bicyclic) bond motifs is 3. The van der Waals surface area contributed by atoms with Crippen LogP contribution in [-0.2, 0) is 0 Å². The summed E-state index contributed by atoms with van der Waals surface area (Å²) in [5.74, 6) is 0.738. The average molecular weight is 709 g/mol. The Balaban J connectivity index is 1.16. The van der Waals surface area contributed by atoms with Gasteiger partial charge in [-0.1, -0.05) is 188 Å². The Kier molecular flexibility index (Phi) is 6.66. The lowest BCUT2D eigenvalue weighted by Crippen LogP contribution is -1.97. The molecule has 12 rings (SSSR count). The van der Waals surface area contributed by atoms with E-state index >= 15 is 0 Å². The second-order valence-electron chi connectivity index (χ2n) is 14.8. The predicted octanol–water partition coefficient (Wildman–Crippen LogP) is 14.5. The van der Waals surface area contributed by atoms with E-state index < -0.39 is 0 Å². The highest BCUT2D eigenvalue weighted by atomic mass is 14.9. The van der Waals surface area contributed by atoms with Crippen LogP contribution in [0, 0.1) is 0 Å². The first-order chi connectivity index (χ1) is 27.8. The summed E-state index contributed by atoms with van der Waals surface area (Å²) in [7, 11) is 0. The first-order valence-corrected chi connectivity index (χ1v) is 19.3. The van der Waals surface area contributed by atoms with Gasteiger partial charge in [0.1, 0.15) is 0 Å². The Morgan fingerprint density at radius 1 is 0.268 bits per heavy atom. The molecule has 1 aliphatic carbocycles. The smallest absolute Gasteiger partial charge is 0.160 e. The van der Waals surface area contributed by atoms with Crippen LogP contribution in [0.15, 0.2) is 194 Å². The molecule has 0 bridgehead atoms. The molecule has 1 heterocycles. The van der Waals surface area contributed by atoms with Crippen LogP contribution in [0.1, 0.15) is 0 Å². The van der Waals surface area contributed by atoms with Crippen LogP contribution < -0.4 is 0 Å². The normalized spacial score (nSPS) is 11.9. The van der Waals surface area contributed by atoms with Gasteiger partial charge in [0.15, 0.2) is 5.82 Å². The fourth-order valence-corrected chi connectivity index (χ4v) is 9.33. The fraction of sp³-hybridized carbons (Fsp3) is 0. The number of nitrogens with zero attached hydrogens (tertiary/aromatic N) is 2. The van der Waals surface area contributed by atoms with Gasteiger partial charge in [-0.3, -0.25) is 0 Å². The minimum absolute atomic E-state index is 0.738. The molecule has 11 aromatic rings.